The number of quaternary nitrogens is 1. The highest BCUT2D eigenvalue weighted by Crippen LogP contribution is 2.22. The highest BCUT2D eigenvalue weighted by molar-refractivity contribution is 7.80. The topological polar surface area (TPSA) is 19.7 Å². The molecule has 0 aromatic heterocycles. The zero-order valence-electron chi connectivity index (χ0n) is 13.8. The Balaban J connectivity index is 1.69. The summed E-state index contributed by atoms with van der Waals surface area (Å²) in [7, 11) is 0. The van der Waals surface area contributed by atoms with Gasteiger partial charge < -0.3 is 10.2 Å². The van der Waals surface area contributed by atoms with Crippen LogP contribution in [0.1, 0.15) is 16.7 Å². The molecule has 0 aliphatic carbocycles. The summed E-state index contributed by atoms with van der Waals surface area (Å²) in [6, 6.07) is 17.1. The van der Waals surface area contributed by atoms with Gasteiger partial charge in [-0.25, -0.2) is 0 Å². The standard InChI is InChI=1S/C19H23N3S/c1-15-7-6-10-18(16(15)2)22-14-21(13-20-19(22)23)12-11-17-8-4-3-5-9-17/h3-10H,11-14H2,1-2H3,(H,20,23)/p+1. The largest absolute Gasteiger partial charge is 0.315 e. The molecule has 0 radical (unpaired) electrons. The van der Waals surface area contributed by atoms with Crippen molar-refractivity contribution in [1.29, 1.82) is 0 Å². The predicted molar refractivity (Wildman–Crippen MR) is 99.8 cm³/mol. The van der Waals surface area contributed by atoms with Gasteiger partial charge in [-0.1, -0.05) is 42.5 Å². The number of hydrogen-bond acceptors (Lipinski definition) is 1. The molecule has 1 aliphatic rings. The van der Waals surface area contributed by atoms with Crippen LogP contribution in [0.3, 0.4) is 0 Å². The van der Waals surface area contributed by atoms with Gasteiger partial charge in [0.15, 0.2) is 18.4 Å². The van der Waals surface area contributed by atoms with Gasteiger partial charge in [0.1, 0.15) is 0 Å². The van der Waals surface area contributed by atoms with Crippen molar-refractivity contribution in [2.75, 3.05) is 24.8 Å². The van der Waals surface area contributed by atoms with Crippen LogP contribution in [0.15, 0.2) is 48.5 Å². The van der Waals surface area contributed by atoms with E-state index in [1.54, 1.807) is 0 Å². The van der Waals surface area contributed by atoms with Crippen molar-refractivity contribution in [1.82, 2.24) is 5.32 Å². The molecule has 2 aromatic carbocycles. The van der Waals surface area contributed by atoms with E-state index in [9.17, 15) is 0 Å². The fourth-order valence-corrected chi connectivity index (χ4v) is 3.24. The van der Waals surface area contributed by atoms with Crippen LogP contribution >= 0.6 is 12.2 Å². The molecular formula is C19H24N3S+. The fourth-order valence-electron chi connectivity index (χ4n) is 3.00. The molecule has 1 fully saturated rings. The summed E-state index contributed by atoms with van der Waals surface area (Å²) in [4.78, 5) is 3.74. The average molecular weight is 326 g/mol. The summed E-state index contributed by atoms with van der Waals surface area (Å²) in [5.41, 5.74) is 5.23. The van der Waals surface area contributed by atoms with E-state index >= 15 is 0 Å². The first kappa shape index (κ1) is 16.0. The van der Waals surface area contributed by atoms with Crippen molar-refractivity contribution in [3.05, 3.63) is 65.2 Å². The molecule has 120 valence electrons. The molecule has 0 spiro atoms. The first-order valence-corrected chi connectivity index (χ1v) is 8.55. The molecule has 0 bridgehead atoms. The molecule has 0 amide bonds. The molecule has 3 nitrogen and oxygen atoms in total. The molecule has 3 rings (SSSR count). The Labute approximate surface area is 143 Å². The Morgan fingerprint density at radius 3 is 2.65 bits per heavy atom. The number of benzene rings is 2. The normalized spacial score (nSPS) is 17.9. The Hall–Kier alpha value is -1.91. The van der Waals surface area contributed by atoms with Gasteiger partial charge >= 0.3 is 0 Å². The lowest BCUT2D eigenvalue weighted by atomic mass is 10.1. The number of aryl methyl sites for hydroxylation is 1. The van der Waals surface area contributed by atoms with Crippen LogP contribution < -0.4 is 15.1 Å². The summed E-state index contributed by atoms with van der Waals surface area (Å²) >= 11 is 5.54. The van der Waals surface area contributed by atoms with Crippen LogP contribution in [0.2, 0.25) is 0 Å². The Bertz CT molecular complexity index is 684. The maximum atomic E-state index is 5.54. The van der Waals surface area contributed by atoms with Gasteiger partial charge in [0.2, 0.25) is 0 Å². The summed E-state index contributed by atoms with van der Waals surface area (Å²) in [6.45, 7) is 7.24. The maximum Gasteiger partial charge on any atom is 0.182 e. The third-order valence-electron chi connectivity index (χ3n) is 4.59. The van der Waals surface area contributed by atoms with E-state index in [1.165, 1.54) is 27.3 Å². The molecule has 23 heavy (non-hydrogen) atoms. The minimum absolute atomic E-state index is 0.835. The second-order valence-electron chi connectivity index (χ2n) is 6.20. The lowest BCUT2D eigenvalue weighted by Gasteiger charge is -2.36. The van der Waals surface area contributed by atoms with Crippen LogP contribution in [-0.4, -0.2) is 25.0 Å². The SMILES string of the molecule is Cc1cccc(N2C[NH+](CCc3ccccc3)CNC2=S)c1C. The van der Waals surface area contributed by atoms with Gasteiger partial charge in [0, 0.05) is 6.42 Å². The Morgan fingerprint density at radius 1 is 1.09 bits per heavy atom. The molecule has 1 heterocycles. The quantitative estimate of drug-likeness (QED) is 0.839. The minimum Gasteiger partial charge on any atom is -0.315 e. The summed E-state index contributed by atoms with van der Waals surface area (Å²) in [5, 5.41) is 4.22. The van der Waals surface area contributed by atoms with Crippen molar-refractivity contribution in [2.45, 2.75) is 20.3 Å². The van der Waals surface area contributed by atoms with Gasteiger partial charge in [0.05, 0.1) is 12.2 Å². The van der Waals surface area contributed by atoms with E-state index in [0.29, 0.717) is 0 Å². The van der Waals surface area contributed by atoms with Crippen LogP contribution in [0.5, 0.6) is 0 Å². The highest BCUT2D eigenvalue weighted by atomic mass is 32.1. The van der Waals surface area contributed by atoms with Gasteiger partial charge in [-0.15, -0.1) is 0 Å². The fraction of sp³-hybridized carbons (Fsp3) is 0.316. The average Bonchev–Trinajstić information content (AvgIpc) is 2.58. The summed E-state index contributed by atoms with van der Waals surface area (Å²) in [5.74, 6) is 0. The molecule has 0 saturated carbocycles. The molecular weight excluding hydrogens is 302 g/mol. The Morgan fingerprint density at radius 2 is 1.87 bits per heavy atom. The molecule has 1 unspecified atom stereocenters. The third-order valence-corrected chi connectivity index (χ3v) is 4.96. The lowest BCUT2D eigenvalue weighted by molar-refractivity contribution is -0.902. The van der Waals surface area contributed by atoms with Crippen LogP contribution in [-0.2, 0) is 6.42 Å². The number of hydrogen-bond donors (Lipinski definition) is 2. The van der Waals surface area contributed by atoms with Gasteiger partial charge in [0.25, 0.3) is 0 Å². The number of rotatable bonds is 4. The van der Waals surface area contributed by atoms with Gasteiger partial charge in [-0.2, -0.15) is 0 Å². The van der Waals surface area contributed by atoms with E-state index in [1.807, 2.05) is 0 Å². The minimum atomic E-state index is 0.835. The van der Waals surface area contributed by atoms with Crippen LogP contribution in [0, 0.1) is 13.8 Å². The Kier molecular flexibility index (Phi) is 4.94. The monoisotopic (exact) mass is 326 g/mol. The van der Waals surface area contributed by atoms with Crippen LogP contribution in [0.25, 0.3) is 0 Å². The molecule has 2 aromatic rings. The van der Waals surface area contributed by atoms with Crippen molar-refractivity contribution in [2.24, 2.45) is 0 Å². The molecule has 4 heteroatoms. The molecule has 1 aliphatic heterocycles. The van der Waals surface area contributed by atoms with Gasteiger partial charge in [-0.05, 0) is 48.8 Å². The lowest BCUT2D eigenvalue weighted by Crippen LogP contribution is -3.17. The van der Waals surface area contributed by atoms with Crippen molar-refractivity contribution < 1.29 is 4.90 Å². The second kappa shape index (κ2) is 7.11. The molecule has 2 N–H and O–H groups in total. The molecule has 1 saturated heterocycles. The predicted octanol–water partition coefficient (Wildman–Crippen LogP) is 2.04. The second-order valence-corrected chi connectivity index (χ2v) is 6.59. The van der Waals surface area contributed by atoms with Crippen molar-refractivity contribution in [3.63, 3.8) is 0 Å². The van der Waals surface area contributed by atoms with Crippen molar-refractivity contribution in [3.8, 4) is 0 Å². The van der Waals surface area contributed by atoms with E-state index in [-0.39, 0.29) is 0 Å². The van der Waals surface area contributed by atoms with Gasteiger partial charge in [-0.3, -0.25) is 4.90 Å². The van der Waals surface area contributed by atoms with E-state index in [4.69, 9.17) is 12.2 Å². The molecule has 1 atom stereocenters. The van der Waals surface area contributed by atoms with E-state index in [2.05, 4.69) is 72.6 Å². The third kappa shape index (κ3) is 3.71. The number of anilines is 1. The number of nitrogens with zero attached hydrogens (tertiary/aromatic N) is 1. The first-order chi connectivity index (χ1) is 11.1. The van der Waals surface area contributed by atoms with E-state index < -0.39 is 0 Å². The summed E-state index contributed by atoms with van der Waals surface area (Å²) in [6.07, 6.45) is 1.09. The number of thiocarbonyl (C=S) groups is 1. The maximum absolute atomic E-state index is 5.54. The highest BCUT2D eigenvalue weighted by Gasteiger charge is 2.25. The van der Waals surface area contributed by atoms with Crippen LogP contribution in [0.4, 0.5) is 5.69 Å². The zero-order valence-corrected chi connectivity index (χ0v) is 14.6. The van der Waals surface area contributed by atoms with E-state index in [0.717, 1.165) is 31.4 Å². The summed E-state index contributed by atoms with van der Waals surface area (Å²) < 4.78 is 0. The number of nitrogens with one attached hydrogen (secondary N) is 2. The smallest absolute Gasteiger partial charge is 0.182 e. The zero-order chi connectivity index (χ0) is 16.2. The first-order valence-electron chi connectivity index (χ1n) is 8.14. The van der Waals surface area contributed by atoms with Crippen molar-refractivity contribution >= 4 is 23.0 Å².